The maximum atomic E-state index is 5.71. The van der Waals surface area contributed by atoms with E-state index < -0.39 is 0 Å². The maximum Gasteiger partial charge on any atom is 0.147 e. The van der Waals surface area contributed by atoms with Gasteiger partial charge in [0.2, 0.25) is 0 Å². The molecule has 5 heteroatoms. The van der Waals surface area contributed by atoms with Gasteiger partial charge in [0, 0.05) is 25.2 Å². The average Bonchev–Trinajstić information content (AvgIpc) is 2.23. The Balaban J connectivity index is 2.17. The molecule has 1 N–H and O–H groups in total. The first-order valence-electron chi connectivity index (χ1n) is 5.14. The average molecular weight is 227 g/mol. The van der Waals surface area contributed by atoms with Crippen molar-refractivity contribution in [3.8, 4) is 0 Å². The smallest absolute Gasteiger partial charge is 0.147 e. The SMILES string of the molecule is CC1CN(c2cnc(Cl)cn2)C(C)CN1. The fraction of sp³-hybridized carbons (Fsp3) is 0.600. The van der Waals surface area contributed by atoms with Crippen molar-refractivity contribution < 1.29 is 0 Å². The molecule has 2 unspecified atom stereocenters. The van der Waals surface area contributed by atoms with E-state index in [0.717, 1.165) is 18.9 Å². The van der Waals surface area contributed by atoms with E-state index in [2.05, 4.69) is 34.0 Å². The van der Waals surface area contributed by atoms with E-state index in [0.29, 0.717) is 17.2 Å². The topological polar surface area (TPSA) is 41.1 Å². The Morgan fingerprint density at radius 1 is 1.40 bits per heavy atom. The van der Waals surface area contributed by atoms with Crippen LogP contribution in [-0.4, -0.2) is 35.1 Å². The number of halogens is 1. The zero-order valence-corrected chi connectivity index (χ0v) is 9.70. The van der Waals surface area contributed by atoms with Crippen LogP contribution in [0.1, 0.15) is 13.8 Å². The lowest BCUT2D eigenvalue weighted by Crippen LogP contribution is -2.54. The van der Waals surface area contributed by atoms with Crippen LogP contribution in [0.2, 0.25) is 5.15 Å². The predicted molar refractivity (Wildman–Crippen MR) is 61.3 cm³/mol. The van der Waals surface area contributed by atoms with Crippen LogP contribution in [0.5, 0.6) is 0 Å². The highest BCUT2D eigenvalue weighted by Gasteiger charge is 2.23. The first-order valence-corrected chi connectivity index (χ1v) is 5.52. The number of piperazine rings is 1. The molecule has 2 atom stereocenters. The van der Waals surface area contributed by atoms with Gasteiger partial charge in [0.1, 0.15) is 11.0 Å². The van der Waals surface area contributed by atoms with Crippen LogP contribution in [-0.2, 0) is 0 Å². The molecule has 0 saturated carbocycles. The van der Waals surface area contributed by atoms with Crippen LogP contribution >= 0.6 is 11.6 Å². The molecule has 2 rings (SSSR count). The minimum atomic E-state index is 0.439. The quantitative estimate of drug-likeness (QED) is 0.784. The third-order valence-electron chi connectivity index (χ3n) is 2.67. The Morgan fingerprint density at radius 2 is 2.20 bits per heavy atom. The summed E-state index contributed by atoms with van der Waals surface area (Å²) in [5, 5.41) is 3.87. The Morgan fingerprint density at radius 3 is 2.87 bits per heavy atom. The van der Waals surface area contributed by atoms with Crippen LogP contribution in [0, 0.1) is 0 Å². The molecule has 1 aromatic rings. The summed E-state index contributed by atoms with van der Waals surface area (Å²) in [6.07, 6.45) is 3.33. The van der Waals surface area contributed by atoms with Gasteiger partial charge in [-0.05, 0) is 13.8 Å². The summed E-state index contributed by atoms with van der Waals surface area (Å²) in [4.78, 5) is 10.6. The molecule has 2 heterocycles. The second kappa shape index (κ2) is 4.33. The highest BCUT2D eigenvalue weighted by atomic mass is 35.5. The molecular weight excluding hydrogens is 212 g/mol. The molecule has 1 aromatic heterocycles. The molecular formula is C10H15ClN4. The largest absolute Gasteiger partial charge is 0.350 e. The van der Waals surface area contributed by atoms with Crippen LogP contribution in [0.25, 0.3) is 0 Å². The molecule has 1 aliphatic heterocycles. The maximum absolute atomic E-state index is 5.71. The van der Waals surface area contributed by atoms with Crippen LogP contribution in [0.3, 0.4) is 0 Å². The van der Waals surface area contributed by atoms with Crippen LogP contribution < -0.4 is 10.2 Å². The Labute approximate surface area is 94.7 Å². The van der Waals surface area contributed by atoms with E-state index >= 15 is 0 Å². The normalized spacial score (nSPS) is 26.7. The molecule has 0 spiro atoms. The third-order valence-corrected chi connectivity index (χ3v) is 2.86. The molecule has 4 nitrogen and oxygen atoms in total. The first-order chi connectivity index (χ1) is 7.16. The van der Waals surface area contributed by atoms with E-state index in [1.165, 1.54) is 0 Å². The van der Waals surface area contributed by atoms with E-state index in [1.807, 2.05) is 0 Å². The van der Waals surface area contributed by atoms with Crippen molar-refractivity contribution in [2.75, 3.05) is 18.0 Å². The standard InChI is InChI=1S/C10H15ClN4/c1-7-6-15(8(2)3-12-7)10-5-13-9(11)4-14-10/h4-5,7-8,12H,3,6H2,1-2H3. The number of rotatable bonds is 1. The molecule has 0 amide bonds. The summed E-state index contributed by atoms with van der Waals surface area (Å²) in [7, 11) is 0. The van der Waals surface area contributed by atoms with Gasteiger partial charge in [-0.3, -0.25) is 0 Å². The van der Waals surface area contributed by atoms with Crippen molar-refractivity contribution >= 4 is 17.4 Å². The number of anilines is 1. The lowest BCUT2D eigenvalue weighted by Gasteiger charge is -2.38. The number of nitrogens with one attached hydrogen (secondary N) is 1. The van der Waals surface area contributed by atoms with Gasteiger partial charge >= 0.3 is 0 Å². The number of hydrogen-bond acceptors (Lipinski definition) is 4. The molecule has 82 valence electrons. The van der Waals surface area contributed by atoms with Gasteiger partial charge in [-0.25, -0.2) is 9.97 Å². The Kier molecular flexibility index (Phi) is 3.07. The van der Waals surface area contributed by atoms with Gasteiger partial charge in [0.05, 0.1) is 12.4 Å². The fourth-order valence-electron chi connectivity index (χ4n) is 1.79. The van der Waals surface area contributed by atoms with Gasteiger partial charge in [-0.15, -0.1) is 0 Å². The number of nitrogens with zero attached hydrogens (tertiary/aromatic N) is 3. The van der Waals surface area contributed by atoms with Gasteiger partial charge in [-0.1, -0.05) is 11.6 Å². The van der Waals surface area contributed by atoms with Gasteiger partial charge < -0.3 is 10.2 Å². The number of aromatic nitrogens is 2. The molecule has 0 aliphatic carbocycles. The van der Waals surface area contributed by atoms with Crippen molar-refractivity contribution in [1.82, 2.24) is 15.3 Å². The summed E-state index contributed by atoms with van der Waals surface area (Å²) < 4.78 is 0. The zero-order valence-electron chi connectivity index (χ0n) is 8.94. The van der Waals surface area contributed by atoms with Crippen molar-refractivity contribution in [3.63, 3.8) is 0 Å². The van der Waals surface area contributed by atoms with E-state index in [9.17, 15) is 0 Å². The van der Waals surface area contributed by atoms with Crippen LogP contribution in [0.4, 0.5) is 5.82 Å². The molecule has 1 saturated heterocycles. The molecule has 0 bridgehead atoms. The highest BCUT2D eigenvalue weighted by molar-refractivity contribution is 6.29. The first kappa shape index (κ1) is 10.6. The number of hydrogen-bond donors (Lipinski definition) is 1. The molecule has 15 heavy (non-hydrogen) atoms. The summed E-state index contributed by atoms with van der Waals surface area (Å²) in [5.74, 6) is 0.903. The van der Waals surface area contributed by atoms with Crippen molar-refractivity contribution in [2.45, 2.75) is 25.9 Å². The highest BCUT2D eigenvalue weighted by Crippen LogP contribution is 2.16. The Bertz CT molecular complexity index is 327. The van der Waals surface area contributed by atoms with Gasteiger partial charge in [-0.2, -0.15) is 0 Å². The summed E-state index contributed by atoms with van der Waals surface area (Å²) in [6.45, 7) is 6.28. The second-order valence-electron chi connectivity index (χ2n) is 4.01. The minimum Gasteiger partial charge on any atom is -0.350 e. The lowest BCUT2D eigenvalue weighted by atomic mass is 10.1. The van der Waals surface area contributed by atoms with Crippen molar-refractivity contribution in [3.05, 3.63) is 17.5 Å². The lowest BCUT2D eigenvalue weighted by molar-refractivity contribution is 0.422. The zero-order chi connectivity index (χ0) is 10.8. The summed E-state index contributed by atoms with van der Waals surface area (Å²) in [5.41, 5.74) is 0. The van der Waals surface area contributed by atoms with Gasteiger partial charge in [0.15, 0.2) is 0 Å². The van der Waals surface area contributed by atoms with E-state index in [4.69, 9.17) is 11.6 Å². The fourth-order valence-corrected chi connectivity index (χ4v) is 1.89. The van der Waals surface area contributed by atoms with Crippen molar-refractivity contribution in [1.29, 1.82) is 0 Å². The minimum absolute atomic E-state index is 0.439. The summed E-state index contributed by atoms with van der Waals surface area (Å²) in [6, 6.07) is 0.926. The molecule has 1 aliphatic rings. The molecule has 1 fully saturated rings. The van der Waals surface area contributed by atoms with Crippen molar-refractivity contribution in [2.24, 2.45) is 0 Å². The van der Waals surface area contributed by atoms with Crippen LogP contribution in [0.15, 0.2) is 12.4 Å². The predicted octanol–water partition coefficient (Wildman–Crippen LogP) is 1.32. The Hall–Kier alpha value is -0.870. The monoisotopic (exact) mass is 226 g/mol. The second-order valence-corrected chi connectivity index (χ2v) is 4.40. The summed E-state index contributed by atoms with van der Waals surface area (Å²) >= 11 is 5.71. The van der Waals surface area contributed by atoms with Gasteiger partial charge in [0.25, 0.3) is 0 Å². The molecule has 0 radical (unpaired) electrons. The van der Waals surface area contributed by atoms with E-state index in [1.54, 1.807) is 12.4 Å². The van der Waals surface area contributed by atoms with E-state index in [-0.39, 0.29) is 0 Å². The third kappa shape index (κ3) is 2.38. The molecule has 0 aromatic carbocycles.